The first-order valence-corrected chi connectivity index (χ1v) is 7.94. The van der Waals surface area contributed by atoms with E-state index in [0.717, 1.165) is 5.56 Å². The Morgan fingerprint density at radius 3 is 2.67 bits per heavy atom. The van der Waals surface area contributed by atoms with E-state index in [2.05, 4.69) is 5.32 Å². The molecule has 0 aliphatic carbocycles. The van der Waals surface area contributed by atoms with Crippen molar-refractivity contribution < 1.29 is 18.4 Å². The lowest BCUT2D eigenvalue weighted by atomic mass is 10.0. The van der Waals surface area contributed by atoms with Gasteiger partial charge in [0.25, 0.3) is 11.8 Å². The minimum absolute atomic E-state index is 0.0270. The summed E-state index contributed by atoms with van der Waals surface area (Å²) in [5.74, 6) is -0.508. The lowest BCUT2D eigenvalue weighted by Gasteiger charge is -2.32. The van der Waals surface area contributed by atoms with Gasteiger partial charge in [0.05, 0.1) is 6.26 Å². The molecule has 126 valence electrons. The van der Waals surface area contributed by atoms with Gasteiger partial charge >= 0.3 is 0 Å². The molecule has 1 aromatic heterocycles. The number of amides is 2. The van der Waals surface area contributed by atoms with Crippen LogP contribution in [0.5, 0.6) is 0 Å². The SMILES string of the molecule is Cc1ccc(F)cc1C(=O)NC1CCN(C(=O)c2ccco2)CC1. The quantitative estimate of drug-likeness (QED) is 0.941. The van der Waals surface area contributed by atoms with Gasteiger partial charge in [-0.25, -0.2) is 4.39 Å². The summed E-state index contributed by atoms with van der Waals surface area (Å²) in [6.07, 6.45) is 2.79. The highest BCUT2D eigenvalue weighted by molar-refractivity contribution is 5.96. The monoisotopic (exact) mass is 330 g/mol. The van der Waals surface area contributed by atoms with Crippen molar-refractivity contribution in [2.75, 3.05) is 13.1 Å². The number of hydrogen-bond donors (Lipinski definition) is 1. The Morgan fingerprint density at radius 1 is 1.25 bits per heavy atom. The fraction of sp³-hybridized carbons (Fsp3) is 0.333. The second-order valence-electron chi connectivity index (χ2n) is 5.98. The summed E-state index contributed by atoms with van der Waals surface area (Å²) in [6.45, 7) is 2.87. The van der Waals surface area contributed by atoms with Gasteiger partial charge in [0.15, 0.2) is 5.76 Å². The van der Waals surface area contributed by atoms with Crippen molar-refractivity contribution in [3.63, 3.8) is 0 Å². The highest BCUT2D eigenvalue weighted by atomic mass is 19.1. The van der Waals surface area contributed by atoms with Crippen molar-refractivity contribution in [3.8, 4) is 0 Å². The van der Waals surface area contributed by atoms with Crippen LogP contribution in [0.1, 0.15) is 39.3 Å². The summed E-state index contributed by atoms with van der Waals surface area (Å²) < 4.78 is 18.5. The zero-order valence-electron chi connectivity index (χ0n) is 13.4. The Bertz CT molecular complexity index is 735. The van der Waals surface area contributed by atoms with Crippen LogP contribution in [0.3, 0.4) is 0 Å². The Balaban J connectivity index is 1.56. The van der Waals surface area contributed by atoms with Gasteiger partial charge in [0, 0.05) is 24.7 Å². The molecule has 0 atom stereocenters. The van der Waals surface area contributed by atoms with Crippen LogP contribution in [-0.2, 0) is 0 Å². The molecular weight excluding hydrogens is 311 g/mol. The molecule has 0 saturated carbocycles. The molecule has 1 aromatic carbocycles. The van der Waals surface area contributed by atoms with E-state index in [4.69, 9.17) is 4.42 Å². The van der Waals surface area contributed by atoms with Crippen LogP contribution >= 0.6 is 0 Å². The predicted octanol–water partition coefficient (Wildman–Crippen LogP) is 2.76. The predicted molar refractivity (Wildman–Crippen MR) is 86.2 cm³/mol. The molecule has 5 nitrogen and oxygen atoms in total. The van der Waals surface area contributed by atoms with E-state index >= 15 is 0 Å². The van der Waals surface area contributed by atoms with Gasteiger partial charge in [0.2, 0.25) is 0 Å². The van der Waals surface area contributed by atoms with E-state index in [0.29, 0.717) is 37.3 Å². The van der Waals surface area contributed by atoms with Crippen molar-refractivity contribution in [3.05, 3.63) is 59.3 Å². The zero-order valence-corrected chi connectivity index (χ0v) is 13.4. The number of likely N-dealkylation sites (tertiary alicyclic amines) is 1. The molecule has 1 saturated heterocycles. The standard InChI is InChI=1S/C18H19FN2O3/c1-12-4-5-13(19)11-15(12)17(22)20-14-6-8-21(9-7-14)18(23)16-3-2-10-24-16/h2-5,10-11,14H,6-9H2,1H3,(H,20,22). The fourth-order valence-corrected chi connectivity index (χ4v) is 2.88. The summed E-state index contributed by atoms with van der Waals surface area (Å²) in [7, 11) is 0. The van der Waals surface area contributed by atoms with Gasteiger partial charge < -0.3 is 14.6 Å². The summed E-state index contributed by atoms with van der Waals surface area (Å²) in [6, 6.07) is 7.48. The molecule has 2 amide bonds. The van der Waals surface area contributed by atoms with Crippen LogP contribution in [-0.4, -0.2) is 35.8 Å². The summed E-state index contributed by atoms with van der Waals surface area (Å²) >= 11 is 0. The van der Waals surface area contributed by atoms with Gasteiger partial charge in [-0.15, -0.1) is 0 Å². The molecule has 0 bridgehead atoms. The van der Waals surface area contributed by atoms with Crippen LogP contribution in [0.4, 0.5) is 4.39 Å². The smallest absolute Gasteiger partial charge is 0.289 e. The topological polar surface area (TPSA) is 62.6 Å². The fourth-order valence-electron chi connectivity index (χ4n) is 2.88. The second-order valence-corrected chi connectivity index (χ2v) is 5.98. The van der Waals surface area contributed by atoms with E-state index in [-0.39, 0.29) is 17.9 Å². The van der Waals surface area contributed by atoms with Crippen LogP contribution in [0.25, 0.3) is 0 Å². The third-order valence-corrected chi connectivity index (χ3v) is 4.29. The Kier molecular flexibility index (Phi) is 4.64. The molecule has 1 aliphatic rings. The number of rotatable bonds is 3. The summed E-state index contributed by atoms with van der Waals surface area (Å²) in [5.41, 5.74) is 1.09. The first-order valence-electron chi connectivity index (χ1n) is 7.94. The van der Waals surface area contributed by atoms with Gasteiger partial charge in [-0.1, -0.05) is 6.07 Å². The lowest BCUT2D eigenvalue weighted by molar-refractivity contribution is 0.0667. The van der Waals surface area contributed by atoms with Crippen LogP contribution in [0, 0.1) is 12.7 Å². The molecule has 1 aliphatic heterocycles. The van der Waals surface area contributed by atoms with Crippen molar-refractivity contribution in [2.24, 2.45) is 0 Å². The van der Waals surface area contributed by atoms with Gasteiger partial charge in [0.1, 0.15) is 5.82 Å². The number of furan rings is 1. The maximum Gasteiger partial charge on any atom is 0.289 e. The van der Waals surface area contributed by atoms with Crippen LogP contribution < -0.4 is 5.32 Å². The van der Waals surface area contributed by atoms with Crippen LogP contribution in [0.15, 0.2) is 41.0 Å². The molecule has 3 rings (SSSR count). The second kappa shape index (κ2) is 6.86. The van der Waals surface area contributed by atoms with Crippen molar-refractivity contribution in [2.45, 2.75) is 25.8 Å². The highest BCUT2D eigenvalue weighted by Crippen LogP contribution is 2.16. The van der Waals surface area contributed by atoms with E-state index in [1.807, 2.05) is 0 Å². The molecule has 0 spiro atoms. The first-order chi connectivity index (χ1) is 11.5. The third kappa shape index (κ3) is 3.48. The van der Waals surface area contributed by atoms with E-state index in [9.17, 15) is 14.0 Å². The minimum Gasteiger partial charge on any atom is -0.459 e. The number of benzene rings is 1. The number of nitrogens with zero attached hydrogens (tertiary/aromatic N) is 1. The number of aryl methyl sites for hydroxylation is 1. The highest BCUT2D eigenvalue weighted by Gasteiger charge is 2.26. The van der Waals surface area contributed by atoms with Gasteiger partial charge in [-0.3, -0.25) is 9.59 Å². The molecule has 24 heavy (non-hydrogen) atoms. The number of carbonyl (C=O) groups is 2. The van der Waals surface area contributed by atoms with E-state index in [1.54, 1.807) is 30.0 Å². The Labute approximate surface area is 139 Å². The van der Waals surface area contributed by atoms with Crippen molar-refractivity contribution in [1.29, 1.82) is 0 Å². The van der Waals surface area contributed by atoms with E-state index < -0.39 is 5.82 Å². The maximum absolute atomic E-state index is 13.3. The molecule has 0 unspecified atom stereocenters. The zero-order chi connectivity index (χ0) is 17.1. The number of carbonyl (C=O) groups excluding carboxylic acids is 2. The molecule has 2 heterocycles. The molecule has 2 aromatic rings. The number of piperidine rings is 1. The maximum atomic E-state index is 13.3. The van der Waals surface area contributed by atoms with Gasteiger partial charge in [-0.2, -0.15) is 0 Å². The average molecular weight is 330 g/mol. The largest absolute Gasteiger partial charge is 0.459 e. The Morgan fingerprint density at radius 2 is 2.00 bits per heavy atom. The average Bonchev–Trinajstić information content (AvgIpc) is 3.11. The minimum atomic E-state index is -0.426. The lowest BCUT2D eigenvalue weighted by Crippen LogP contribution is -2.46. The normalized spacial score (nSPS) is 15.3. The molecule has 6 heteroatoms. The molecular formula is C18H19FN2O3. The molecule has 1 fully saturated rings. The number of nitrogens with one attached hydrogen (secondary N) is 1. The first kappa shape index (κ1) is 16.2. The van der Waals surface area contributed by atoms with Gasteiger partial charge in [-0.05, 0) is 49.6 Å². The Hall–Kier alpha value is -2.63. The third-order valence-electron chi connectivity index (χ3n) is 4.29. The number of halogens is 1. The molecule has 1 N–H and O–H groups in total. The number of hydrogen-bond acceptors (Lipinski definition) is 3. The summed E-state index contributed by atoms with van der Waals surface area (Å²) in [4.78, 5) is 26.2. The van der Waals surface area contributed by atoms with Crippen molar-refractivity contribution >= 4 is 11.8 Å². The van der Waals surface area contributed by atoms with Crippen molar-refractivity contribution in [1.82, 2.24) is 10.2 Å². The summed E-state index contributed by atoms with van der Waals surface area (Å²) in [5, 5.41) is 2.93. The molecule has 0 radical (unpaired) electrons. The van der Waals surface area contributed by atoms with E-state index in [1.165, 1.54) is 18.4 Å². The van der Waals surface area contributed by atoms with Crippen LogP contribution in [0.2, 0.25) is 0 Å².